The third-order valence-corrected chi connectivity index (χ3v) is 2.08. The van der Waals surface area contributed by atoms with Crippen LogP contribution in [0, 0.1) is 6.92 Å². The van der Waals surface area contributed by atoms with Gasteiger partial charge in [0.15, 0.2) is 5.82 Å². The first-order chi connectivity index (χ1) is 6.77. The molecule has 88 valence electrons. The maximum absolute atomic E-state index is 12.0. The highest BCUT2D eigenvalue weighted by atomic mass is 35.5. The Labute approximate surface area is 96.5 Å². The molecule has 15 heavy (non-hydrogen) atoms. The molecule has 1 heterocycles. The highest BCUT2D eigenvalue weighted by molar-refractivity contribution is 5.85. The van der Waals surface area contributed by atoms with Gasteiger partial charge in [0.1, 0.15) is 6.67 Å². The number of rotatable bonds is 6. The zero-order valence-corrected chi connectivity index (χ0v) is 10.1. The lowest BCUT2D eigenvalue weighted by Gasteiger charge is -2.01. The van der Waals surface area contributed by atoms with Crippen LogP contribution in [-0.4, -0.2) is 23.0 Å². The number of anilines is 1. The van der Waals surface area contributed by atoms with Crippen molar-refractivity contribution < 1.29 is 4.39 Å². The predicted molar refractivity (Wildman–Crippen MR) is 63.6 cm³/mol. The maximum atomic E-state index is 12.0. The van der Waals surface area contributed by atoms with Crippen molar-refractivity contribution in [3.05, 3.63) is 11.8 Å². The van der Waals surface area contributed by atoms with Crippen molar-refractivity contribution in [1.82, 2.24) is 9.78 Å². The first kappa shape index (κ1) is 14.2. The number of aromatic nitrogens is 2. The number of hydrogen-bond acceptors (Lipinski definition) is 2. The fourth-order valence-corrected chi connectivity index (χ4v) is 1.28. The summed E-state index contributed by atoms with van der Waals surface area (Å²) in [6.45, 7) is 5.04. The van der Waals surface area contributed by atoms with E-state index in [2.05, 4.69) is 17.3 Å². The van der Waals surface area contributed by atoms with Crippen LogP contribution in [0.1, 0.15) is 25.3 Å². The summed E-state index contributed by atoms with van der Waals surface area (Å²) in [5.74, 6) is 0.881. The summed E-state index contributed by atoms with van der Waals surface area (Å²) >= 11 is 0. The second-order valence-electron chi connectivity index (χ2n) is 3.39. The minimum absolute atomic E-state index is 0. The zero-order chi connectivity index (χ0) is 10.4. The van der Waals surface area contributed by atoms with E-state index in [4.69, 9.17) is 0 Å². The average molecular weight is 236 g/mol. The van der Waals surface area contributed by atoms with E-state index >= 15 is 0 Å². The second-order valence-corrected chi connectivity index (χ2v) is 3.39. The smallest absolute Gasteiger partial charge is 0.150 e. The van der Waals surface area contributed by atoms with Crippen LogP contribution in [0.2, 0.25) is 0 Å². The van der Waals surface area contributed by atoms with Crippen molar-refractivity contribution in [2.45, 2.75) is 33.2 Å². The molecular formula is C10H19ClFN3. The van der Waals surface area contributed by atoms with Crippen LogP contribution in [0.15, 0.2) is 6.20 Å². The molecule has 0 radical (unpaired) electrons. The van der Waals surface area contributed by atoms with Gasteiger partial charge in [0, 0.05) is 18.3 Å². The Kier molecular flexibility index (Phi) is 7.13. The van der Waals surface area contributed by atoms with Crippen LogP contribution in [0.4, 0.5) is 10.2 Å². The number of aryl methyl sites for hydroxylation is 2. The van der Waals surface area contributed by atoms with Crippen molar-refractivity contribution in [1.29, 1.82) is 0 Å². The molecule has 1 aromatic heterocycles. The molecule has 0 saturated carbocycles. The van der Waals surface area contributed by atoms with Crippen molar-refractivity contribution in [3.63, 3.8) is 0 Å². The first-order valence-corrected chi connectivity index (χ1v) is 5.11. The summed E-state index contributed by atoms with van der Waals surface area (Å²) in [6, 6.07) is 0. The summed E-state index contributed by atoms with van der Waals surface area (Å²) in [5, 5.41) is 7.48. The van der Waals surface area contributed by atoms with Gasteiger partial charge in [-0.2, -0.15) is 5.10 Å². The zero-order valence-electron chi connectivity index (χ0n) is 9.29. The van der Waals surface area contributed by atoms with E-state index < -0.39 is 0 Å². The molecule has 0 fully saturated rings. The number of unbranched alkanes of at least 4 members (excludes halogenated alkanes) is 1. The molecule has 1 rings (SSSR count). The van der Waals surface area contributed by atoms with E-state index in [1.165, 1.54) is 0 Å². The number of nitrogens with one attached hydrogen (secondary N) is 1. The van der Waals surface area contributed by atoms with Gasteiger partial charge in [-0.25, -0.2) is 4.39 Å². The van der Waals surface area contributed by atoms with Gasteiger partial charge in [-0.05, 0) is 13.3 Å². The standard InChI is InChI=1S/C10H18FN3.ClH/c1-3-4-6-12-10-9(2)8-14(13-10)7-5-11;/h8H,3-7H2,1-2H3,(H,12,13);1H. The normalized spacial score (nSPS) is 9.80. The Morgan fingerprint density at radius 2 is 2.27 bits per heavy atom. The van der Waals surface area contributed by atoms with Gasteiger partial charge in [0.2, 0.25) is 0 Å². The monoisotopic (exact) mass is 235 g/mol. The quantitative estimate of drug-likeness (QED) is 0.769. The van der Waals surface area contributed by atoms with E-state index in [1.54, 1.807) is 4.68 Å². The molecule has 0 saturated heterocycles. The Balaban J connectivity index is 0.00000196. The van der Waals surface area contributed by atoms with Crippen LogP contribution in [0.3, 0.4) is 0 Å². The average Bonchev–Trinajstić information content (AvgIpc) is 2.48. The summed E-state index contributed by atoms with van der Waals surface area (Å²) in [4.78, 5) is 0. The van der Waals surface area contributed by atoms with Gasteiger partial charge < -0.3 is 5.32 Å². The molecule has 0 aromatic carbocycles. The topological polar surface area (TPSA) is 29.9 Å². The van der Waals surface area contributed by atoms with Crippen molar-refractivity contribution in [3.8, 4) is 0 Å². The minimum Gasteiger partial charge on any atom is -0.368 e. The van der Waals surface area contributed by atoms with Crippen molar-refractivity contribution >= 4 is 18.2 Å². The fourth-order valence-electron chi connectivity index (χ4n) is 1.28. The van der Waals surface area contributed by atoms with Crippen molar-refractivity contribution in [2.24, 2.45) is 0 Å². The number of hydrogen-bond donors (Lipinski definition) is 1. The molecule has 1 aromatic rings. The third-order valence-electron chi connectivity index (χ3n) is 2.08. The third kappa shape index (κ3) is 4.51. The first-order valence-electron chi connectivity index (χ1n) is 5.11. The van der Waals surface area contributed by atoms with Gasteiger partial charge in [-0.1, -0.05) is 13.3 Å². The molecule has 0 amide bonds. The van der Waals surface area contributed by atoms with Crippen LogP contribution in [0.25, 0.3) is 0 Å². The maximum Gasteiger partial charge on any atom is 0.150 e. The van der Waals surface area contributed by atoms with E-state index in [0.717, 1.165) is 30.8 Å². The predicted octanol–water partition coefficient (Wildman–Crippen LogP) is 2.79. The molecule has 3 nitrogen and oxygen atoms in total. The lowest BCUT2D eigenvalue weighted by atomic mass is 10.3. The van der Waals surface area contributed by atoms with E-state index in [-0.39, 0.29) is 19.1 Å². The molecule has 5 heteroatoms. The molecule has 0 atom stereocenters. The fraction of sp³-hybridized carbons (Fsp3) is 0.700. The van der Waals surface area contributed by atoms with Gasteiger partial charge in [0.05, 0.1) is 6.54 Å². The lowest BCUT2D eigenvalue weighted by molar-refractivity contribution is 0.427. The number of alkyl halides is 1. The molecule has 0 unspecified atom stereocenters. The Morgan fingerprint density at radius 3 is 2.87 bits per heavy atom. The van der Waals surface area contributed by atoms with E-state index in [1.807, 2.05) is 13.1 Å². The van der Waals surface area contributed by atoms with Crippen molar-refractivity contribution in [2.75, 3.05) is 18.5 Å². The highest BCUT2D eigenvalue weighted by Gasteiger charge is 2.03. The summed E-state index contributed by atoms with van der Waals surface area (Å²) in [6.07, 6.45) is 4.17. The second kappa shape index (κ2) is 7.51. The molecular weight excluding hydrogens is 217 g/mol. The summed E-state index contributed by atoms with van der Waals surface area (Å²) in [7, 11) is 0. The molecule has 0 spiro atoms. The summed E-state index contributed by atoms with van der Waals surface area (Å²) in [5.41, 5.74) is 1.08. The molecule has 0 aliphatic rings. The minimum atomic E-state index is -0.366. The van der Waals surface area contributed by atoms with Gasteiger partial charge >= 0.3 is 0 Å². The molecule has 1 N–H and O–H groups in total. The Hall–Kier alpha value is -0.770. The van der Waals surface area contributed by atoms with Crippen LogP contribution >= 0.6 is 12.4 Å². The largest absolute Gasteiger partial charge is 0.368 e. The van der Waals surface area contributed by atoms with Crippen LogP contribution < -0.4 is 5.32 Å². The van der Waals surface area contributed by atoms with Crippen LogP contribution in [-0.2, 0) is 6.54 Å². The molecule has 0 aliphatic heterocycles. The van der Waals surface area contributed by atoms with Gasteiger partial charge in [-0.15, -0.1) is 12.4 Å². The number of halogens is 2. The Bertz CT molecular complexity index is 276. The number of nitrogens with zero attached hydrogens (tertiary/aromatic N) is 2. The highest BCUT2D eigenvalue weighted by Crippen LogP contribution is 2.11. The lowest BCUT2D eigenvalue weighted by Crippen LogP contribution is -2.04. The van der Waals surface area contributed by atoms with Crippen LogP contribution in [0.5, 0.6) is 0 Å². The molecule has 0 aliphatic carbocycles. The summed E-state index contributed by atoms with van der Waals surface area (Å²) < 4.78 is 13.7. The SMILES string of the molecule is CCCCNc1nn(CCF)cc1C.Cl. The van der Waals surface area contributed by atoms with Gasteiger partial charge in [-0.3, -0.25) is 4.68 Å². The van der Waals surface area contributed by atoms with Gasteiger partial charge in [0.25, 0.3) is 0 Å². The Morgan fingerprint density at radius 1 is 1.53 bits per heavy atom. The van der Waals surface area contributed by atoms with E-state index in [0.29, 0.717) is 6.54 Å². The molecule has 0 bridgehead atoms. The van der Waals surface area contributed by atoms with E-state index in [9.17, 15) is 4.39 Å².